The minimum Gasteiger partial charge on any atom is -0.493 e. The fraction of sp³-hybridized carbons (Fsp3) is 0.423. The van der Waals surface area contributed by atoms with Crippen molar-refractivity contribution in [2.45, 2.75) is 63.4 Å². The van der Waals surface area contributed by atoms with E-state index in [1.54, 1.807) is 7.11 Å². The van der Waals surface area contributed by atoms with Crippen LogP contribution in [0.15, 0.2) is 53.7 Å². The second kappa shape index (κ2) is 11.4. The van der Waals surface area contributed by atoms with Crippen molar-refractivity contribution in [3.05, 3.63) is 65.5 Å². The third-order valence-corrected chi connectivity index (χ3v) is 7.05. The molecule has 1 amide bonds. The summed E-state index contributed by atoms with van der Waals surface area (Å²) >= 11 is 1.39. The Morgan fingerprint density at radius 3 is 2.65 bits per heavy atom. The van der Waals surface area contributed by atoms with Crippen LogP contribution < -0.4 is 14.8 Å². The van der Waals surface area contributed by atoms with Gasteiger partial charge in [0.25, 0.3) is 0 Å². The first-order valence-corrected chi connectivity index (χ1v) is 12.7. The summed E-state index contributed by atoms with van der Waals surface area (Å²) in [6.45, 7) is 4.57. The van der Waals surface area contributed by atoms with Crippen molar-refractivity contribution >= 4 is 17.7 Å². The van der Waals surface area contributed by atoms with Crippen LogP contribution >= 0.6 is 11.8 Å². The van der Waals surface area contributed by atoms with E-state index in [9.17, 15) is 4.79 Å². The van der Waals surface area contributed by atoms with Crippen molar-refractivity contribution in [3.63, 3.8) is 0 Å². The van der Waals surface area contributed by atoms with Gasteiger partial charge in [-0.15, -0.1) is 10.2 Å². The van der Waals surface area contributed by atoms with Crippen LogP contribution in [0.2, 0.25) is 0 Å². The van der Waals surface area contributed by atoms with E-state index in [-0.39, 0.29) is 23.8 Å². The molecule has 1 saturated carbocycles. The molecule has 8 heteroatoms. The predicted molar refractivity (Wildman–Crippen MR) is 133 cm³/mol. The molecule has 1 aromatic heterocycles. The van der Waals surface area contributed by atoms with E-state index in [1.807, 2.05) is 54.8 Å². The SMILES string of the molecule is COc1cc(C(C)NC(=O)CSc2nnc(C)n2Cc2ccccc2)ccc1OC1CCCC1. The Labute approximate surface area is 205 Å². The maximum Gasteiger partial charge on any atom is 0.230 e. The maximum atomic E-state index is 12.7. The first-order valence-electron chi connectivity index (χ1n) is 11.7. The molecule has 1 N–H and O–H groups in total. The Bertz CT molecular complexity index is 1100. The number of nitrogens with zero attached hydrogens (tertiary/aromatic N) is 3. The van der Waals surface area contributed by atoms with Crippen LogP contribution in [0.1, 0.15) is 55.6 Å². The number of ether oxygens (including phenoxy) is 2. The normalized spacial score (nSPS) is 14.7. The van der Waals surface area contributed by atoms with Crippen molar-refractivity contribution in [1.29, 1.82) is 0 Å². The number of carbonyl (C=O) groups is 1. The molecule has 7 nitrogen and oxygen atoms in total. The molecule has 1 atom stereocenters. The second-order valence-corrected chi connectivity index (χ2v) is 9.56. The number of benzene rings is 2. The molecule has 1 fully saturated rings. The fourth-order valence-electron chi connectivity index (χ4n) is 4.15. The van der Waals surface area contributed by atoms with E-state index in [0.29, 0.717) is 12.3 Å². The highest BCUT2D eigenvalue weighted by molar-refractivity contribution is 7.99. The molecule has 1 unspecified atom stereocenters. The van der Waals surface area contributed by atoms with E-state index in [1.165, 1.54) is 30.2 Å². The van der Waals surface area contributed by atoms with Crippen LogP contribution in [-0.4, -0.2) is 39.6 Å². The molecule has 1 aliphatic carbocycles. The largest absolute Gasteiger partial charge is 0.493 e. The lowest BCUT2D eigenvalue weighted by Crippen LogP contribution is -2.28. The van der Waals surface area contributed by atoms with Crippen LogP contribution in [0.3, 0.4) is 0 Å². The van der Waals surface area contributed by atoms with E-state index in [4.69, 9.17) is 9.47 Å². The molecular weight excluding hydrogens is 448 g/mol. The standard InChI is InChI=1S/C26H32N4O3S/c1-18(21-13-14-23(24(15-21)32-3)33-22-11-7-8-12-22)27-25(31)17-34-26-29-28-19(2)30(26)16-20-9-5-4-6-10-20/h4-6,9-10,13-15,18,22H,7-8,11-12,16-17H2,1-3H3,(H,27,31). The number of aromatic nitrogens is 3. The Hall–Kier alpha value is -3.00. The van der Waals surface area contributed by atoms with Crippen LogP contribution in [0, 0.1) is 6.92 Å². The van der Waals surface area contributed by atoms with E-state index < -0.39 is 0 Å². The van der Waals surface area contributed by atoms with Gasteiger partial charge in [0.15, 0.2) is 16.7 Å². The molecule has 3 aromatic rings. The zero-order valence-electron chi connectivity index (χ0n) is 20.0. The Kier molecular flexibility index (Phi) is 8.11. The number of aryl methyl sites for hydroxylation is 1. The summed E-state index contributed by atoms with van der Waals surface area (Å²) < 4.78 is 13.7. The van der Waals surface area contributed by atoms with Crippen molar-refractivity contribution in [3.8, 4) is 11.5 Å². The average Bonchev–Trinajstić information content (AvgIpc) is 3.48. The summed E-state index contributed by atoms with van der Waals surface area (Å²) in [7, 11) is 1.65. The maximum absolute atomic E-state index is 12.7. The van der Waals surface area contributed by atoms with Crippen LogP contribution in [-0.2, 0) is 11.3 Å². The number of methoxy groups -OCH3 is 1. The molecular formula is C26H32N4O3S. The molecule has 34 heavy (non-hydrogen) atoms. The Balaban J connectivity index is 1.34. The summed E-state index contributed by atoms with van der Waals surface area (Å²) in [6.07, 6.45) is 4.88. The number of rotatable bonds is 10. The monoisotopic (exact) mass is 480 g/mol. The zero-order chi connectivity index (χ0) is 23.9. The fourth-order valence-corrected chi connectivity index (χ4v) is 4.94. The van der Waals surface area contributed by atoms with Crippen LogP contribution in [0.5, 0.6) is 11.5 Å². The van der Waals surface area contributed by atoms with Crippen LogP contribution in [0.25, 0.3) is 0 Å². The summed E-state index contributed by atoms with van der Waals surface area (Å²) in [6, 6.07) is 15.9. The van der Waals surface area contributed by atoms with E-state index in [2.05, 4.69) is 27.6 Å². The molecule has 1 aliphatic rings. The summed E-state index contributed by atoms with van der Waals surface area (Å²) in [5, 5.41) is 12.3. The van der Waals surface area contributed by atoms with Gasteiger partial charge in [-0.25, -0.2) is 0 Å². The number of thioether (sulfide) groups is 1. The molecule has 4 rings (SSSR count). The van der Waals surface area contributed by atoms with Crippen molar-refractivity contribution in [2.75, 3.05) is 12.9 Å². The molecule has 180 valence electrons. The highest BCUT2D eigenvalue weighted by Crippen LogP contribution is 2.33. The number of nitrogens with one attached hydrogen (secondary N) is 1. The van der Waals surface area contributed by atoms with Gasteiger partial charge in [0.2, 0.25) is 5.91 Å². The quantitative estimate of drug-likeness (QED) is 0.415. The average molecular weight is 481 g/mol. The minimum absolute atomic E-state index is 0.0605. The molecule has 0 radical (unpaired) electrons. The summed E-state index contributed by atoms with van der Waals surface area (Å²) in [5.74, 6) is 2.49. The van der Waals surface area contributed by atoms with Gasteiger partial charge in [-0.05, 0) is 62.8 Å². The van der Waals surface area contributed by atoms with Crippen molar-refractivity contribution < 1.29 is 14.3 Å². The lowest BCUT2D eigenvalue weighted by atomic mass is 10.1. The van der Waals surface area contributed by atoms with Crippen molar-refractivity contribution in [2.24, 2.45) is 0 Å². The van der Waals surface area contributed by atoms with Gasteiger partial charge in [-0.3, -0.25) is 4.79 Å². The van der Waals surface area contributed by atoms with Crippen molar-refractivity contribution in [1.82, 2.24) is 20.1 Å². The van der Waals surface area contributed by atoms with E-state index >= 15 is 0 Å². The van der Waals surface area contributed by atoms with Gasteiger partial charge in [0.1, 0.15) is 5.82 Å². The van der Waals surface area contributed by atoms with Crippen LogP contribution in [0.4, 0.5) is 0 Å². The van der Waals surface area contributed by atoms with Gasteiger partial charge < -0.3 is 19.4 Å². The summed E-state index contributed by atoms with van der Waals surface area (Å²) in [4.78, 5) is 12.7. The zero-order valence-corrected chi connectivity index (χ0v) is 20.8. The first-order chi connectivity index (χ1) is 16.5. The molecule has 0 saturated heterocycles. The third kappa shape index (κ3) is 6.11. The molecule has 1 heterocycles. The Morgan fingerprint density at radius 2 is 1.91 bits per heavy atom. The Morgan fingerprint density at radius 1 is 1.15 bits per heavy atom. The third-order valence-electron chi connectivity index (χ3n) is 6.08. The molecule has 2 aromatic carbocycles. The molecule has 0 spiro atoms. The minimum atomic E-state index is -0.161. The number of amides is 1. The van der Waals surface area contributed by atoms with Gasteiger partial charge in [-0.2, -0.15) is 0 Å². The number of hydrogen-bond donors (Lipinski definition) is 1. The second-order valence-electron chi connectivity index (χ2n) is 8.61. The molecule has 0 bridgehead atoms. The first kappa shape index (κ1) is 24.1. The molecule has 0 aliphatic heterocycles. The van der Waals surface area contributed by atoms with Gasteiger partial charge in [0, 0.05) is 0 Å². The number of carbonyl (C=O) groups excluding carboxylic acids is 1. The summed E-state index contributed by atoms with van der Waals surface area (Å²) in [5.41, 5.74) is 2.14. The number of hydrogen-bond acceptors (Lipinski definition) is 6. The lowest BCUT2D eigenvalue weighted by molar-refractivity contribution is -0.119. The van der Waals surface area contributed by atoms with Gasteiger partial charge >= 0.3 is 0 Å². The predicted octanol–water partition coefficient (Wildman–Crippen LogP) is 4.93. The highest BCUT2D eigenvalue weighted by Gasteiger charge is 2.20. The van der Waals surface area contributed by atoms with Gasteiger partial charge in [-0.1, -0.05) is 48.2 Å². The lowest BCUT2D eigenvalue weighted by Gasteiger charge is -2.19. The van der Waals surface area contributed by atoms with Gasteiger partial charge in [0.05, 0.1) is 31.6 Å². The van der Waals surface area contributed by atoms with E-state index in [0.717, 1.165) is 35.1 Å². The smallest absolute Gasteiger partial charge is 0.230 e. The highest BCUT2D eigenvalue weighted by atomic mass is 32.2. The topological polar surface area (TPSA) is 78.3 Å².